The number of carbonyl (C=O) groups excluding carboxylic acids is 1. The van der Waals surface area contributed by atoms with Gasteiger partial charge in [-0.05, 0) is 43.3 Å². The van der Waals surface area contributed by atoms with Gasteiger partial charge in [0.25, 0.3) is 5.22 Å². The second-order valence-corrected chi connectivity index (χ2v) is 6.51. The van der Waals surface area contributed by atoms with Gasteiger partial charge >= 0.3 is 0 Å². The molecule has 0 radical (unpaired) electrons. The average molecular weight is 355 g/mol. The maximum Gasteiger partial charge on any atom is 0.277 e. The van der Waals surface area contributed by atoms with Gasteiger partial charge in [0.05, 0.1) is 12.4 Å². The first-order valence-corrected chi connectivity index (χ1v) is 8.54. The number of hydrogen-bond donors (Lipinski definition) is 1. The number of ether oxygens (including phenoxy) is 1. The fraction of sp³-hybridized carbons (Fsp3) is 0.167. The van der Waals surface area contributed by atoms with Crippen LogP contribution in [0.15, 0.2) is 64.2 Å². The number of hydrogen-bond acceptors (Lipinski definition) is 6. The van der Waals surface area contributed by atoms with E-state index in [1.165, 1.54) is 11.8 Å². The molecule has 128 valence electrons. The van der Waals surface area contributed by atoms with E-state index in [0.717, 1.165) is 11.3 Å². The number of nitrogens with one attached hydrogen (secondary N) is 1. The Labute approximate surface area is 149 Å². The minimum absolute atomic E-state index is 0.144. The summed E-state index contributed by atoms with van der Waals surface area (Å²) in [5.41, 5.74) is 1.55. The molecule has 0 aliphatic rings. The van der Waals surface area contributed by atoms with Gasteiger partial charge in [0.15, 0.2) is 0 Å². The smallest absolute Gasteiger partial charge is 0.277 e. The van der Waals surface area contributed by atoms with Gasteiger partial charge in [0.2, 0.25) is 11.8 Å². The molecule has 1 N–H and O–H groups in total. The van der Waals surface area contributed by atoms with Crippen molar-refractivity contribution in [3.63, 3.8) is 0 Å². The quantitative estimate of drug-likeness (QED) is 0.677. The number of methoxy groups -OCH3 is 1. The Morgan fingerprint density at radius 1 is 1.12 bits per heavy atom. The molecule has 25 heavy (non-hydrogen) atoms. The summed E-state index contributed by atoms with van der Waals surface area (Å²) in [6.07, 6.45) is 0. The molecular weight excluding hydrogens is 338 g/mol. The summed E-state index contributed by atoms with van der Waals surface area (Å²) in [6.45, 7) is 1.79. The van der Waals surface area contributed by atoms with Crippen LogP contribution in [0.4, 0.5) is 5.69 Å². The molecule has 6 nitrogen and oxygen atoms in total. The van der Waals surface area contributed by atoms with Gasteiger partial charge < -0.3 is 14.5 Å². The summed E-state index contributed by atoms with van der Waals surface area (Å²) >= 11 is 1.22. The van der Waals surface area contributed by atoms with E-state index in [1.54, 1.807) is 38.3 Å². The zero-order valence-electron chi connectivity index (χ0n) is 13.8. The van der Waals surface area contributed by atoms with E-state index >= 15 is 0 Å². The first-order chi connectivity index (χ1) is 12.2. The second kappa shape index (κ2) is 7.85. The zero-order valence-corrected chi connectivity index (χ0v) is 14.6. The molecule has 0 aliphatic carbocycles. The van der Waals surface area contributed by atoms with Gasteiger partial charge in [0.1, 0.15) is 5.75 Å². The third-order valence-electron chi connectivity index (χ3n) is 3.43. The normalized spacial score (nSPS) is 11.8. The first kappa shape index (κ1) is 17.0. The van der Waals surface area contributed by atoms with Gasteiger partial charge in [-0.25, -0.2) is 0 Å². The van der Waals surface area contributed by atoms with Crippen LogP contribution >= 0.6 is 11.8 Å². The van der Waals surface area contributed by atoms with Crippen LogP contribution in [0.2, 0.25) is 0 Å². The Balaban J connectivity index is 1.60. The van der Waals surface area contributed by atoms with Crippen molar-refractivity contribution < 1.29 is 13.9 Å². The van der Waals surface area contributed by atoms with Crippen LogP contribution < -0.4 is 10.1 Å². The molecular formula is C18H17N3O3S. The highest BCUT2D eigenvalue weighted by Crippen LogP contribution is 2.26. The molecule has 2 aromatic carbocycles. The van der Waals surface area contributed by atoms with Crippen molar-refractivity contribution in [1.82, 2.24) is 10.2 Å². The molecule has 0 fully saturated rings. The lowest BCUT2D eigenvalue weighted by molar-refractivity contribution is -0.115. The lowest BCUT2D eigenvalue weighted by Crippen LogP contribution is -2.22. The van der Waals surface area contributed by atoms with Crippen molar-refractivity contribution in [2.45, 2.75) is 17.4 Å². The summed E-state index contributed by atoms with van der Waals surface area (Å²) in [5, 5.41) is 10.8. The number of anilines is 1. The van der Waals surface area contributed by atoms with E-state index in [4.69, 9.17) is 9.15 Å². The van der Waals surface area contributed by atoms with Gasteiger partial charge in [-0.3, -0.25) is 4.79 Å². The van der Waals surface area contributed by atoms with E-state index < -0.39 is 0 Å². The third-order valence-corrected chi connectivity index (χ3v) is 4.37. The van der Waals surface area contributed by atoms with Gasteiger partial charge in [0, 0.05) is 11.3 Å². The van der Waals surface area contributed by atoms with Gasteiger partial charge in [-0.1, -0.05) is 30.0 Å². The third kappa shape index (κ3) is 4.39. The van der Waals surface area contributed by atoms with Crippen LogP contribution in [0.25, 0.3) is 11.5 Å². The molecule has 3 aromatic rings. The van der Waals surface area contributed by atoms with Crippen LogP contribution in [0, 0.1) is 0 Å². The van der Waals surface area contributed by atoms with Crippen LogP contribution in [0.3, 0.4) is 0 Å². The van der Waals surface area contributed by atoms with E-state index in [1.807, 2.05) is 30.3 Å². The number of carbonyl (C=O) groups is 1. The van der Waals surface area contributed by atoms with E-state index in [9.17, 15) is 4.79 Å². The lowest BCUT2D eigenvalue weighted by Gasteiger charge is -2.10. The molecule has 3 rings (SSSR count). The van der Waals surface area contributed by atoms with E-state index in [-0.39, 0.29) is 11.2 Å². The number of nitrogens with zero attached hydrogens (tertiary/aromatic N) is 2. The standard InChI is InChI=1S/C18H17N3O3S/c1-12(16(22)19-14-8-10-15(23-2)11-9-14)25-18-21-20-17(24-18)13-6-4-3-5-7-13/h3-12H,1-2H3,(H,19,22). The fourth-order valence-corrected chi connectivity index (χ4v) is 2.76. The topological polar surface area (TPSA) is 77.2 Å². The molecule has 1 unspecified atom stereocenters. The number of thioether (sulfide) groups is 1. The summed E-state index contributed by atoms with van der Waals surface area (Å²) in [6, 6.07) is 16.6. The van der Waals surface area contributed by atoms with E-state index in [0.29, 0.717) is 16.8 Å². The molecule has 7 heteroatoms. The van der Waals surface area contributed by atoms with Crippen LogP contribution in [-0.4, -0.2) is 28.5 Å². The van der Waals surface area contributed by atoms with Crippen LogP contribution in [0.1, 0.15) is 6.92 Å². The zero-order chi connectivity index (χ0) is 17.6. The van der Waals surface area contributed by atoms with Crippen molar-refractivity contribution in [2.24, 2.45) is 0 Å². The lowest BCUT2D eigenvalue weighted by atomic mass is 10.2. The SMILES string of the molecule is COc1ccc(NC(=O)C(C)Sc2nnc(-c3ccccc3)o2)cc1. The Kier molecular flexibility index (Phi) is 5.35. The molecule has 0 saturated heterocycles. The second-order valence-electron chi connectivity index (χ2n) is 5.22. The Morgan fingerprint density at radius 3 is 2.52 bits per heavy atom. The molecule has 0 saturated carbocycles. The van der Waals surface area contributed by atoms with Crippen molar-refractivity contribution in [3.05, 3.63) is 54.6 Å². The largest absolute Gasteiger partial charge is 0.497 e. The minimum atomic E-state index is -0.383. The number of benzene rings is 2. The number of rotatable bonds is 6. The maximum absolute atomic E-state index is 12.3. The number of aromatic nitrogens is 2. The van der Waals surface area contributed by atoms with E-state index in [2.05, 4.69) is 15.5 Å². The Morgan fingerprint density at radius 2 is 1.84 bits per heavy atom. The molecule has 0 spiro atoms. The highest BCUT2D eigenvalue weighted by atomic mass is 32.2. The Bertz CT molecular complexity index is 834. The van der Waals surface area contributed by atoms with Gasteiger partial charge in [-0.2, -0.15) is 0 Å². The first-order valence-electron chi connectivity index (χ1n) is 7.66. The summed E-state index contributed by atoms with van der Waals surface area (Å²) in [4.78, 5) is 12.3. The van der Waals surface area contributed by atoms with Crippen LogP contribution in [-0.2, 0) is 4.79 Å². The van der Waals surface area contributed by atoms with Crippen molar-refractivity contribution in [3.8, 4) is 17.2 Å². The summed E-state index contributed by atoms with van der Waals surface area (Å²) in [7, 11) is 1.60. The molecule has 1 heterocycles. The molecule has 1 atom stereocenters. The fourth-order valence-electron chi connectivity index (χ4n) is 2.08. The molecule has 1 aromatic heterocycles. The predicted octanol–water partition coefficient (Wildman–Crippen LogP) is 3.86. The maximum atomic E-state index is 12.3. The number of amides is 1. The molecule has 1 amide bonds. The highest BCUT2D eigenvalue weighted by Gasteiger charge is 2.19. The summed E-state index contributed by atoms with van der Waals surface area (Å²) in [5.74, 6) is 1.03. The Hall–Kier alpha value is -2.80. The van der Waals surface area contributed by atoms with Crippen molar-refractivity contribution >= 4 is 23.4 Å². The molecule has 0 bridgehead atoms. The van der Waals surface area contributed by atoms with Gasteiger partial charge in [-0.15, -0.1) is 10.2 Å². The van der Waals surface area contributed by atoms with Crippen molar-refractivity contribution in [1.29, 1.82) is 0 Å². The minimum Gasteiger partial charge on any atom is -0.497 e. The highest BCUT2D eigenvalue weighted by molar-refractivity contribution is 8.00. The molecule has 0 aliphatic heterocycles. The average Bonchev–Trinajstić information content (AvgIpc) is 3.11. The predicted molar refractivity (Wildman–Crippen MR) is 96.7 cm³/mol. The van der Waals surface area contributed by atoms with Crippen LogP contribution in [0.5, 0.6) is 5.75 Å². The summed E-state index contributed by atoms with van der Waals surface area (Å²) < 4.78 is 10.7. The monoisotopic (exact) mass is 355 g/mol. The van der Waals surface area contributed by atoms with Crippen molar-refractivity contribution in [2.75, 3.05) is 12.4 Å².